The van der Waals surface area contributed by atoms with Gasteiger partial charge in [-0.2, -0.15) is 0 Å². The van der Waals surface area contributed by atoms with E-state index in [0.29, 0.717) is 28.5 Å². The molecule has 0 amide bonds. The third-order valence-corrected chi connectivity index (χ3v) is 3.86. The molecule has 0 aliphatic carbocycles. The van der Waals surface area contributed by atoms with Crippen LogP contribution in [0.1, 0.15) is 12.5 Å². The molecule has 0 atom stereocenters. The number of nitrogens with zero attached hydrogens (tertiary/aromatic N) is 1. The van der Waals surface area contributed by atoms with Gasteiger partial charge in [-0.1, -0.05) is 0 Å². The average molecular weight is 426 g/mol. The van der Waals surface area contributed by atoms with Crippen molar-refractivity contribution >= 4 is 40.0 Å². The Labute approximate surface area is 149 Å². The third kappa shape index (κ3) is 4.01. The van der Waals surface area contributed by atoms with Crippen LogP contribution in [0.5, 0.6) is 17.2 Å². The number of halogens is 1. The first kappa shape index (κ1) is 17.3. The lowest BCUT2D eigenvalue weighted by atomic mass is 10.1. The number of allylic oxidation sites excluding steroid dienone is 1. The number of rotatable bonds is 5. The second-order valence-electron chi connectivity index (χ2n) is 4.84. The van der Waals surface area contributed by atoms with Crippen molar-refractivity contribution in [2.75, 3.05) is 23.0 Å². The standard InChI is InChI=1S/C17H19IN2O3/c1-4-16(13-9-15(21)17(22-3)10-14(13)19)23-12-7-5-11(6-8-12)20(2)18/h4-10,21H,19H2,1-3H3/b16-4+. The van der Waals surface area contributed by atoms with Gasteiger partial charge in [-0.3, -0.25) is 0 Å². The number of aromatic hydroxyl groups is 1. The predicted molar refractivity (Wildman–Crippen MR) is 102 cm³/mol. The molecule has 3 N–H and O–H groups in total. The summed E-state index contributed by atoms with van der Waals surface area (Å²) in [6.45, 7) is 1.85. The third-order valence-electron chi connectivity index (χ3n) is 3.30. The quantitative estimate of drug-likeness (QED) is 0.247. The number of anilines is 2. The fourth-order valence-electron chi connectivity index (χ4n) is 2.08. The van der Waals surface area contributed by atoms with Crippen LogP contribution < -0.4 is 18.3 Å². The van der Waals surface area contributed by atoms with Crippen LogP contribution in [0, 0.1) is 0 Å². The van der Waals surface area contributed by atoms with Crippen LogP contribution in [-0.2, 0) is 0 Å². The first-order chi connectivity index (χ1) is 11.0. The van der Waals surface area contributed by atoms with Crippen molar-refractivity contribution in [3.63, 3.8) is 0 Å². The first-order valence-electron chi connectivity index (χ1n) is 6.96. The van der Waals surface area contributed by atoms with Crippen molar-refractivity contribution in [1.29, 1.82) is 0 Å². The molecule has 0 saturated heterocycles. The highest BCUT2D eigenvalue weighted by molar-refractivity contribution is 14.1. The summed E-state index contributed by atoms with van der Waals surface area (Å²) in [4.78, 5) is 0. The Hall–Kier alpha value is -2.09. The summed E-state index contributed by atoms with van der Waals surface area (Å²) in [5.74, 6) is 1.60. The number of phenolic OH excluding ortho intramolecular Hbond substituents is 1. The van der Waals surface area contributed by atoms with Crippen molar-refractivity contribution < 1.29 is 14.6 Å². The molecule has 23 heavy (non-hydrogen) atoms. The van der Waals surface area contributed by atoms with Crippen LogP contribution in [0.3, 0.4) is 0 Å². The van der Waals surface area contributed by atoms with Gasteiger partial charge in [-0.25, -0.2) is 0 Å². The van der Waals surface area contributed by atoms with E-state index in [9.17, 15) is 5.11 Å². The van der Waals surface area contributed by atoms with E-state index < -0.39 is 0 Å². The number of phenols is 1. The monoisotopic (exact) mass is 426 g/mol. The van der Waals surface area contributed by atoms with Gasteiger partial charge in [0.25, 0.3) is 0 Å². The Morgan fingerprint density at radius 3 is 2.43 bits per heavy atom. The minimum Gasteiger partial charge on any atom is -0.504 e. The molecule has 0 spiro atoms. The topological polar surface area (TPSA) is 68.0 Å². The average Bonchev–Trinajstić information content (AvgIpc) is 2.55. The summed E-state index contributed by atoms with van der Waals surface area (Å²) in [6.07, 6.45) is 1.80. The molecule has 6 heteroatoms. The number of nitrogens with two attached hydrogens (primary N) is 1. The van der Waals surface area contributed by atoms with Gasteiger partial charge in [0.2, 0.25) is 0 Å². The summed E-state index contributed by atoms with van der Waals surface area (Å²) < 4.78 is 12.9. The number of hydrogen-bond donors (Lipinski definition) is 2. The van der Waals surface area contributed by atoms with E-state index in [1.54, 1.807) is 12.1 Å². The normalized spacial score (nSPS) is 11.2. The molecule has 0 unspecified atom stereocenters. The first-order valence-corrected chi connectivity index (χ1v) is 7.93. The van der Waals surface area contributed by atoms with E-state index in [4.69, 9.17) is 15.2 Å². The van der Waals surface area contributed by atoms with Crippen molar-refractivity contribution in [3.05, 3.63) is 48.0 Å². The lowest BCUT2D eigenvalue weighted by Crippen LogP contribution is -2.01. The highest BCUT2D eigenvalue weighted by Crippen LogP contribution is 2.35. The molecule has 0 radical (unpaired) electrons. The Bertz CT molecular complexity index is 713. The molecule has 0 aliphatic heterocycles. The molecule has 2 aromatic carbocycles. The number of ether oxygens (including phenoxy) is 2. The molecule has 0 aliphatic rings. The lowest BCUT2D eigenvalue weighted by molar-refractivity contribution is 0.373. The van der Waals surface area contributed by atoms with Gasteiger partial charge < -0.3 is 23.4 Å². The largest absolute Gasteiger partial charge is 0.504 e. The van der Waals surface area contributed by atoms with E-state index in [-0.39, 0.29) is 5.75 Å². The van der Waals surface area contributed by atoms with Gasteiger partial charge >= 0.3 is 0 Å². The van der Waals surface area contributed by atoms with Gasteiger partial charge in [0.1, 0.15) is 11.5 Å². The second kappa shape index (κ2) is 7.45. The van der Waals surface area contributed by atoms with Gasteiger partial charge in [-0.15, -0.1) is 0 Å². The van der Waals surface area contributed by atoms with Gasteiger partial charge in [0, 0.05) is 30.1 Å². The van der Waals surface area contributed by atoms with E-state index in [2.05, 4.69) is 22.9 Å². The minimum atomic E-state index is 0.0153. The Balaban J connectivity index is 2.29. The Morgan fingerprint density at radius 2 is 1.91 bits per heavy atom. The molecule has 2 aromatic rings. The maximum absolute atomic E-state index is 9.95. The van der Waals surface area contributed by atoms with Crippen molar-refractivity contribution in [1.82, 2.24) is 0 Å². The fourth-order valence-corrected chi connectivity index (χ4v) is 2.40. The second-order valence-corrected chi connectivity index (χ2v) is 6.28. The summed E-state index contributed by atoms with van der Waals surface area (Å²) in [5.41, 5.74) is 8.19. The summed E-state index contributed by atoms with van der Waals surface area (Å²) >= 11 is 2.20. The SMILES string of the molecule is C/C=C(/Oc1ccc(N(C)I)cc1)c1cc(O)c(OC)cc1N. The minimum absolute atomic E-state index is 0.0153. The summed E-state index contributed by atoms with van der Waals surface area (Å²) in [6, 6.07) is 10.8. The highest BCUT2D eigenvalue weighted by Gasteiger charge is 2.13. The van der Waals surface area contributed by atoms with Crippen molar-refractivity contribution in [3.8, 4) is 17.2 Å². The molecule has 0 fully saturated rings. The van der Waals surface area contributed by atoms with Crippen molar-refractivity contribution in [2.45, 2.75) is 6.92 Å². The zero-order valence-corrected chi connectivity index (χ0v) is 15.4. The molecular weight excluding hydrogens is 407 g/mol. The Kier molecular flexibility index (Phi) is 5.59. The summed E-state index contributed by atoms with van der Waals surface area (Å²) in [7, 11) is 3.45. The smallest absolute Gasteiger partial charge is 0.162 e. The number of hydrogen-bond acceptors (Lipinski definition) is 5. The highest BCUT2D eigenvalue weighted by atomic mass is 127. The van der Waals surface area contributed by atoms with Crippen LogP contribution in [-0.4, -0.2) is 19.3 Å². The van der Waals surface area contributed by atoms with Gasteiger partial charge in [0.05, 0.1) is 30.0 Å². The number of nitrogen functional groups attached to an aromatic ring is 1. The molecule has 0 saturated carbocycles. The number of methoxy groups -OCH3 is 1. The van der Waals surface area contributed by atoms with Gasteiger partial charge in [-0.05, 0) is 43.3 Å². The molecular formula is C17H19IN2O3. The zero-order chi connectivity index (χ0) is 17.0. The van der Waals surface area contributed by atoms with E-state index >= 15 is 0 Å². The zero-order valence-electron chi connectivity index (χ0n) is 13.2. The molecule has 5 nitrogen and oxygen atoms in total. The maximum atomic E-state index is 9.95. The van der Waals surface area contributed by atoms with Gasteiger partial charge in [0.15, 0.2) is 11.5 Å². The van der Waals surface area contributed by atoms with Crippen LogP contribution in [0.2, 0.25) is 0 Å². The maximum Gasteiger partial charge on any atom is 0.162 e. The lowest BCUT2D eigenvalue weighted by Gasteiger charge is -2.15. The van der Waals surface area contributed by atoms with Crippen molar-refractivity contribution in [2.24, 2.45) is 0 Å². The summed E-state index contributed by atoms with van der Waals surface area (Å²) in [5, 5.41) is 9.95. The fraction of sp³-hybridized carbons (Fsp3) is 0.176. The van der Waals surface area contributed by atoms with Crippen LogP contribution in [0.25, 0.3) is 5.76 Å². The molecule has 2 rings (SSSR count). The van der Waals surface area contributed by atoms with Crippen LogP contribution >= 0.6 is 22.9 Å². The van der Waals surface area contributed by atoms with E-state index in [1.165, 1.54) is 13.2 Å². The molecule has 122 valence electrons. The Morgan fingerprint density at radius 1 is 1.26 bits per heavy atom. The van der Waals surface area contributed by atoms with Crippen LogP contribution in [0.4, 0.5) is 11.4 Å². The predicted octanol–water partition coefficient (Wildman–Crippen LogP) is 4.21. The molecule has 0 bridgehead atoms. The molecule has 0 aromatic heterocycles. The molecule has 0 heterocycles. The van der Waals surface area contributed by atoms with Crippen LogP contribution in [0.15, 0.2) is 42.5 Å². The van der Waals surface area contributed by atoms with E-state index in [1.807, 2.05) is 41.4 Å². The van der Waals surface area contributed by atoms with E-state index in [0.717, 1.165) is 5.69 Å². The number of benzene rings is 2.